The molecule has 4 N–H and O–H groups in total. The van der Waals surface area contributed by atoms with Crippen molar-refractivity contribution in [3.05, 3.63) is 60.8 Å². The predicted octanol–water partition coefficient (Wildman–Crippen LogP) is 3.01. The fourth-order valence-corrected chi connectivity index (χ4v) is 2.47. The number of hydrogen-bond acceptors (Lipinski definition) is 4. The molecule has 0 unspecified atom stereocenters. The molecule has 0 aliphatic rings. The first-order valence-corrected chi connectivity index (χ1v) is 7.66. The van der Waals surface area contributed by atoms with Gasteiger partial charge in [0.15, 0.2) is 0 Å². The molecule has 0 amide bonds. The van der Waals surface area contributed by atoms with Crippen molar-refractivity contribution in [1.82, 2.24) is 9.78 Å². The lowest BCUT2D eigenvalue weighted by molar-refractivity contribution is 0.475. The first kappa shape index (κ1) is 15.1. The summed E-state index contributed by atoms with van der Waals surface area (Å²) in [6.07, 6.45) is 2.73. The number of nitrogens with two attached hydrogens (primary N) is 1. The summed E-state index contributed by atoms with van der Waals surface area (Å²) in [5.74, 6) is 0.239. The van der Waals surface area contributed by atoms with Crippen LogP contribution < -0.4 is 11.1 Å². The highest BCUT2D eigenvalue weighted by Crippen LogP contribution is 2.30. The third-order valence-electron chi connectivity index (χ3n) is 3.61. The minimum absolute atomic E-state index is 0.239. The molecule has 3 aromatic rings. The molecule has 0 saturated carbocycles. The summed E-state index contributed by atoms with van der Waals surface area (Å²) in [6.45, 7) is 1.46. The highest BCUT2D eigenvalue weighted by molar-refractivity contribution is 5.76. The van der Waals surface area contributed by atoms with Crippen LogP contribution in [-0.4, -0.2) is 28.0 Å². The Bertz CT molecular complexity index is 750. The first-order chi connectivity index (χ1) is 11.3. The van der Waals surface area contributed by atoms with Crippen LogP contribution in [0.25, 0.3) is 16.9 Å². The van der Waals surface area contributed by atoms with Crippen LogP contribution in [0.1, 0.15) is 6.42 Å². The summed E-state index contributed by atoms with van der Waals surface area (Å²) in [5.41, 5.74) is 9.51. The number of phenols is 1. The van der Waals surface area contributed by atoms with Gasteiger partial charge >= 0.3 is 0 Å². The van der Waals surface area contributed by atoms with Crippen molar-refractivity contribution in [2.24, 2.45) is 5.73 Å². The van der Waals surface area contributed by atoms with Gasteiger partial charge in [-0.25, -0.2) is 4.68 Å². The number of anilines is 1. The van der Waals surface area contributed by atoms with Crippen LogP contribution in [0.2, 0.25) is 0 Å². The average molecular weight is 308 g/mol. The maximum atomic E-state index is 9.48. The van der Waals surface area contributed by atoms with E-state index in [0.717, 1.165) is 35.6 Å². The van der Waals surface area contributed by atoms with Gasteiger partial charge in [0, 0.05) is 12.1 Å². The maximum Gasteiger partial charge on any atom is 0.115 e. The highest BCUT2D eigenvalue weighted by atomic mass is 16.3. The second kappa shape index (κ2) is 6.98. The van der Waals surface area contributed by atoms with Crippen LogP contribution in [0, 0.1) is 0 Å². The SMILES string of the molecule is NCCCNc1cnn(-c2ccc(O)cc2)c1-c1ccccc1. The van der Waals surface area contributed by atoms with E-state index in [1.807, 2.05) is 41.2 Å². The number of nitrogens with one attached hydrogen (secondary N) is 1. The maximum absolute atomic E-state index is 9.48. The van der Waals surface area contributed by atoms with Crippen LogP contribution in [0.15, 0.2) is 60.8 Å². The molecular weight excluding hydrogens is 288 g/mol. The van der Waals surface area contributed by atoms with Crippen molar-refractivity contribution in [3.63, 3.8) is 0 Å². The zero-order valence-electron chi connectivity index (χ0n) is 12.8. The number of nitrogens with zero attached hydrogens (tertiary/aromatic N) is 2. The molecule has 0 aliphatic heterocycles. The van der Waals surface area contributed by atoms with Crippen molar-refractivity contribution in [3.8, 4) is 22.7 Å². The molecule has 5 nitrogen and oxygen atoms in total. The van der Waals surface area contributed by atoms with Crippen LogP contribution in [0.3, 0.4) is 0 Å². The van der Waals surface area contributed by atoms with Crippen molar-refractivity contribution in [1.29, 1.82) is 0 Å². The summed E-state index contributed by atoms with van der Waals surface area (Å²) in [5, 5.41) is 17.4. The molecule has 0 radical (unpaired) electrons. The second-order valence-electron chi connectivity index (χ2n) is 5.27. The van der Waals surface area contributed by atoms with E-state index in [9.17, 15) is 5.11 Å². The normalized spacial score (nSPS) is 10.7. The zero-order chi connectivity index (χ0) is 16.1. The molecule has 0 aliphatic carbocycles. The Kier molecular flexibility index (Phi) is 4.59. The van der Waals surface area contributed by atoms with Gasteiger partial charge in [-0.15, -0.1) is 0 Å². The lowest BCUT2D eigenvalue weighted by atomic mass is 10.1. The molecule has 0 fully saturated rings. The molecule has 0 spiro atoms. The molecule has 0 atom stereocenters. The lowest BCUT2D eigenvalue weighted by Crippen LogP contribution is -2.09. The Balaban J connectivity index is 2.04. The fraction of sp³-hybridized carbons (Fsp3) is 0.167. The first-order valence-electron chi connectivity index (χ1n) is 7.66. The molecular formula is C18H20N4O. The Morgan fingerprint density at radius 1 is 1.04 bits per heavy atom. The van der Waals surface area contributed by atoms with Gasteiger partial charge in [0.2, 0.25) is 0 Å². The van der Waals surface area contributed by atoms with E-state index in [-0.39, 0.29) is 5.75 Å². The van der Waals surface area contributed by atoms with Gasteiger partial charge in [0.05, 0.1) is 23.3 Å². The van der Waals surface area contributed by atoms with E-state index >= 15 is 0 Å². The monoisotopic (exact) mass is 308 g/mol. The predicted molar refractivity (Wildman–Crippen MR) is 92.8 cm³/mol. The number of aromatic nitrogens is 2. The zero-order valence-corrected chi connectivity index (χ0v) is 12.8. The smallest absolute Gasteiger partial charge is 0.115 e. The number of rotatable bonds is 6. The van der Waals surface area contributed by atoms with E-state index in [0.29, 0.717) is 6.54 Å². The van der Waals surface area contributed by atoms with E-state index in [1.165, 1.54) is 0 Å². The van der Waals surface area contributed by atoms with Gasteiger partial charge in [-0.2, -0.15) is 5.10 Å². The summed E-state index contributed by atoms with van der Waals surface area (Å²) in [6, 6.07) is 17.1. The fourth-order valence-electron chi connectivity index (χ4n) is 2.47. The molecule has 5 heteroatoms. The van der Waals surface area contributed by atoms with Gasteiger partial charge in [-0.1, -0.05) is 30.3 Å². The van der Waals surface area contributed by atoms with Gasteiger partial charge < -0.3 is 16.2 Å². The van der Waals surface area contributed by atoms with Crippen LogP contribution in [0.5, 0.6) is 5.75 Å². The Morgan fingerprint density at radius 3 is 2.48 bits per heavy atom. The summed E-state index contributed by atoms with van der Waals surface area (Å²) in [4.78, 5) is 0. The molecule has 23 heavy (non-hydrogen) atoms. The van der Waals surface area contributed by atoms with Crippen molar-refractivity contribution in [2.75, 3.05) is 18.4 Å². The Labute approximate surface area is 135 Å². The van der Waals surface area contributed by atoms with Crippen molar-refractivity contribution >= 4 is 5.69 Å². The molecule has 1 aromatic heterocycles. The number of aromatic hydroxyl groups is 1. The third kappa shape index (κ3) is 3.35. The van der Waals surface area contributed by atoms with E-state index in [2.05, 4.69) is 22.5 Å². The summed E-state index contributed by atoms with van der Waals surface area (Å²) in [7, 11) is 0. The highest BCUT2D eigenvalue weighted by Gasteiger charge is 2.14. The minimum Gasteiger partial charge on any atom is -0.508 e. The largest absolute Gasteiger partial charge is 0.508 e. The molecule has 2 aromatic carbocycles. The van der Waals surface area contributed by atoms with Gasteiger partial charge in [0.25, 0.3) is 0 Å². The molecule has 1 heterocycles. The molecule has 0 saturated heterocycles. The Hall–Kier alpha value is -2.79. The van der Waals surface area contributed by atoms with E-state index in [1.54, 1.807) is 12.1 Å². The van der Waals surface area contributed by atoms with Gasteiger partial charge in [-0.05, 0) is 37.2 Å². The van der Waals surface area contributed by atoms with Gasteiger partial charge in [0.1, 0.15) is 5.75 Å². The third-order valence-corrected chi connectivity index (χ3v) is 3.61. The number of benzene rings is 2. The van der Waals surface area contributed by atoms with Crippen molar-refractivity contribution < 1.29 is 5.11 Å². The topological polar surface area (TPSA) is 76.1 Å². The molecule has 118 valence electrons. The lowest BCUT2D eigenvalue weighted by Gasteiger charge is -2.11. The summed E-state index contributed by atoms with van der Waals surface area (Å²) >= 11 is 0. The van der Waals surface area contributed by atoms with Crippen molar-refractivity contribution in [2.45, 2.75) is 6.42 Å². The van der Waals surface area contributed by atoms with E-state index < -0.39 is 0 Å². The number of hydrogen-bond donors (Lipinski definition) is 3. The van der Waals surface area contributed by atoms with E-state index in [4.69, 9.17) is 5.73 Å². The molecule has 3 rings (SSSR count). The van der Waals surface area contributed by atoms with Crippen LogP contribution in [0.4, 0.5) is 5.69 Å². The quantitative estimate of drug-likeness (QED) is 0.612. The Morgan fingerprint density at radius 2 is 1.78 bits per heavy atom. The van der Waals surface area contributed by atoms with Crippen LogP contribution in [-0.2, 0) is 0 Å². The number of phenolic OH excluding ortho intramolecular Hbond substituents is 1. The van der Waals surface area contributed by atoms with Crippen LogP contribution >= 0.6 is 0 Å². The minimum atomic E-state index is 0.239. The summed E-state index contributed by atoms with van der Waals surface area (Å²) < 4.78 is 1.87. The molecule has 0 bridgehead atoms. The standard InChI is InChI=1S/C18H20N4O/c19-11-4-12-20-17-13-21-22(15-7-9-16(23)10-8-15)18(17)14-5-2-1-3-6-14/h1-3,5-10,13,20,23H,4,11-12,19H2. The van der Waals surface area contributed by atoms with Gasteiger partial charge in [-0.3, -0.25) is 0 Å². The average Bonchev–Trinajstić information content (AvgIpc) is 3.00. The second-order valence-corrected chi connectivity index (χ2v) is 5.27.